The number of rotatable bonds is 6. The van der Waals surface area contributed by atoms with Gasteiger partial charge in [-0.3, -0.25) is 39.9 Å². The predicted molar refractivity (Wildman–Crippen MR) is 132 cm³/mol. The first-order chi connectivity index (χ1) is 16.8. The molecular weight excluding hydrogens is 470 g/mol. The first-order valence-electron chi connectivity index (χ1n) is 10.4. The highest BCUT2D eigenvalue weighted by Gasteiger charge is 2.16. The van der Waals surface area contributed by atoms with Crippen molar-refractivity contribution in [2.45, 2.75) is 12.1 Å². The number of thioether (sulfide) groups is 1. The molecule has 3 aromatic carbocycles. The molecule has 0 fully saturated rings. The van der Waals surface area contributed by atoms with Gasteiger partial charge in [-0.05, 0) is 43.3 Å². The Morgan fingerprint density at radius 3 is 2.37 bits per heavy atom. The molecule has 0 aliphatic rings. The van der Waals surface area contributed by atoms with Gasteiger partial charge in [-0.2, -0.15) is 0 Å². The van der Waals surface area contributed by atoms with E-state index in [-0.39, 0.29) is 22.6 Å². The second-order valence-corrected chi connectivity index (χ2v) is 8.43. The lowest BCUT2D eigenvalue weighted by atomic mass is 10.2. The molecule has 0 aliphatic heterocycles. The van der Waals surface area contributed by atoms with Crippen LogP contribution in [-0.2, 0) is 4.79 Å². The van der Waals surface area contributed by atoms with Crippen molar-refractivity contribution in [3.05, 3.63) is 104 Å². The normalized spacial score (nSPS) is 10.7. The van der Waals surface area contributed by atoms with Crippen LogP contribution >= 0.6 is 11.8 Å². The average molecular weight is 490 g/mol. The molecular formula is C24H19N5O5S. The van der Waals surface area contributed by atoms with Gasteiger partial charge in [-0.15, -0.1) is 0 Å². The molecule has 1 aromatic heterocycles. The van der Waals surface area contributed by atoms with Crippen LogP contribution in [0.5, 0.6) is 0 Å². The lowest BCUT2D eigenvalue weighted by Gasteiger charge is -2.13. The molecule has 4 aromatic rings. The summed E-state index contributed by atoms with van der Waals surface area (Å²) in [7, 11) is 0. The lowest BCUT2D eigenvalue weighted by Crippen LogP contribution is -2.42. The molecule has 0 radical (unpaired) electrons. The molecule has 10 nitrogen and oxygen atoms in total. The molecule has 1 heterocycles. The number of aryl methyl sites for hydroxylation is 1. The van der Waals surface area contributed by atoms with Gasteiger partial charge in [0.15, 0.2) is 5.16 Å². The number of hydrogen-bond donors (Lipinski definition) is 2. The Morgan fingerprint density at radius 1 is 1.00 bits per heavy atom. The maximum Gasteiger partial charge on any atom is 0.269 e. The number of para-hydroxylation sites is 1. The minimum Gasteiger partial charge on any atom is -0.272 e. The van der Waals surface area contributed by atoms with Crippen LogP contribution in [0.1, 0.15) is 15.9 Å². The van der Waals surface area contributed by atoms with Crippen molar-refractivity contribution in [1.29, 1.82) is 0 Å². The van der Waals surface area contributed by atoms with E-state index in [1.165, 1.54) is 28.8 Å². The molecule has 0 spiro atoms. The van der Waals surface area contributed by atoms with Crippen LogP contribution in [0.3, 0.4) is 0 Å². The molecule has 2 N–H and O–H groups in total. The third-order valence-electron chi connectivity index (χ3n) is 5.03. The van der Waals surface area contributed by atoms with Crippen LogP contribution < -0.4 is 16.4 Å². The van der Waals surface area contributed by atoms with E-state index >= 15 is 0 Å². The molecule has 0 bridgehead atoms. The number of amides is 2. The molecule has 2 amide bonds. The van der Waals surface area contributed by atoms with Crippen LogP contribution in [0.2, 0.25) is 0 Å². The van der Waals surface area contributed by atoms with Gasteiger partial charge in [0.2, 0.25) is 5.91 Å². The number of fused-ring (bicyclic) bond motifs is 1. The van der Waals surface area contributed by atoms with Gasteiger partial charge < -0.3 is 0 Å². The molecule has 0 unspecified atom stereocenters. The maximum absolute atomic E-state index is 13.2. The van der Waals surface area contributed by atoms with Crippen molar-refractivity contribution in [1.82, 2.24) is 20.4 Å². The van der Waals surface area contributed by atoms with Gasteiger partial charge in [-0.1, -0.05) is 41.6 Å². The number of hydrogen-bond acceptors (Lipinski definition) is 7. The van der Waals surface area contributed by atoms with E-state index in [0.29, 0.717) is 21.7 Å². The van der Waals surface area contributed by atoms with Crippen molar-refractivity contribution in [3.8, 4) is 5.69 Å². The van der Waals surface area contributed by atoms with Gasteiger partial charge in [0.1, 0.15) is 0 Å². The second-order valence-electron chi connectivity index (χ2n) is 7.48. The summed E-state index contributed by atoms with van der Waals surface area (Å²) < 4.78 is 1.45. The number of nitro benzene ring substituents is 1. The monoisotopic (exact) mass is 489 g/mol. The van der Waals surface area contributed by atoms with Gasteiger partial charge in [0, 0.05) is 17.7 Å². The number of aromatic nitrogens is 2. The standard InChI is InChI=1S/C24H19N5O5S/c1-15-6-10-17(11-7-15)28-23(32)19-4-2-3-5-20(19)25-24(28)35-14-21(30)26-27-22(31)16-8-12-18(13-9-16)29(33)34/h2-13H,14H2,1H3,(H,26,30)(H,27,31). The average Bonchev–Trinajstić information content (AvgIpc) is 2.87. The smallest absolute Gasteiger partial charge is 0.269 e. The molecule has 11 heteroatoms. The Morgan fingerprint density at radius 2 is 1.69 bits per heavy atom. The number of non-ortho nitro benzene ring substituents is 1. The predicted octanol–water partition coefficient (Wildman–Crippen LogP) is 3.16. The zero-order chi connectivity index (χ0) is 24.9. The fraction of sp³-hybridized carbons (Fsp3) is 0.0833. The van der Waals surface area contributed by atoms with E-state index in [2.05, 4.69) is 15.8 Å². The lowest BCUT2D eigenvalue weighted by molar-refractivity contribution is -0.384. The van der Waals surface area contributed by atoms with Crippen molar-refractivity contribution in [2.75, 3.05) is 5.75 Å². The summed E-state index contributed by atoms with van der Waals surface area (Å²) in [4.78, 5) is 52.5. The summed E-state index contributed by atoms with van der Waals surface area (Å²) in [6, 6.07) is 19.3. The zero-order valence-electron chi connectivity index (χ0n) is 18.4. The Kier molecular flexibility index (Phi) is 6.88. The van der Waals surface area contributed by atoms with Gasteiger partial charge in [0.25, 0.3) is 17.2 Å². The van der Waals surface area contributed by atoms with Gasteiger partial charge >= 0.3 is 0 Å². The van der Waals surface area contributed by atoms with E-state index in [1.807, 2.05) is 31.2 Å². The Balaban J connectivity index is 1.49. The van der Waals surface area contributed by atoms with Crippen LogP contribution in [0.25, 0.3) is 16.6 Å². The third kappa shape index (κ3) is 5.36. The molecule has 35 heavy (non-hydrogen) atoms. The summed E-state index contributed by atoms with van der Waals surface area (Å²) in [6.07, 6.45) is 0. The first kappa shape index (κ1) is 23.6. The van der Waals surface area contributed by atoms with E-state index in [1.54, 1.807) is 24.3 Å². The largest absolute Gasteiger partial charge is 0.272 e. The summed E-state index contributed by atoms with van der Waals surface area (Å²) in [5.74, 6) is -1.28. The summed E-state index contributed by atoms with van der Waals surface area (Å²) in [5.41, 5.74) is 6.47. The number of carbonyl (C=O) groups excluding carboxylic acids is 2. The number of benzene rings is 3. The highest BCUT2D eigenvalue weighted by molar-refractivity contribution is 7.99. The minimum absolute atomic E-state index is 0.128. The van der Waals surface area contributed by atoms with Crippen molar-refractivity contribution in [2.24, 2.45) is 0 Å². The topological polar surface area (TPSA) is 136 Å². The Bertz CT molecular complexity index is 1480. The molecule has 0 saturated heterocycles. The summed E-state index contributed by atoms with van der Waals surface area (Å²) in [6.45, 7) is 1.94. The molecule has 0 aliphatic carbocycles. The number of nitrogens with zero attached hydrogens (tertiary/aromatic N) is 3. The summed E-state index contributed by atoms with van der Waals surface area (Å²) >= 11 is 1.05. The van der Waals surface area contributed by atoms with Crippen molar-refractivity contribution >= 4 is 40.2 Å². The number of hydrazine groups is 1. The number of nitrogens with one attached hydrogen (secondary N) is 2. The van der Waals surface area contributed by atoms with Crippen molar-refractivity contribution in [3.63, 3.8) is 0 Å². The zero-order valence-corrected chi connectivity index (χ0v) is 19.2. The fourth-order valence-corrected chi connectivity index (χ4v) is 4.04. The van der Waals surface area contributed by atoms with Crippen molar-refractivity contribution < 1.29 is 14.5 Å². The molecule has 4 rings (SSSR count). The number of carbonyl (C=O) groups is 2. The maximum atomic E-state index is 13.2. The quantitative estimate of drug-likeness (QED) is 0.184. The summed E-state index contributed by atoms with van der Waals surface area (Å²) in [5, 5.41) is 11.5. The fourth-order valence-electron chi connectivity index (χ4n) is 3.23. The van der Waals surface area contributed by atoms with Crippen LogP contribution in [0.15, 0.2) is 82.7 Å². The van der Waals surface area contributed by atoms with E-state index in [9.17, 15) is 24.5 Å². The SMILES string of the molecule is Cc1ccc(-n2c(SCC(=O)NNC(=O)c3ccc([N+](=O)[O-])cc3)nc3ccccc3c2=O)cc1. The Hall–Kier alpha value is -4.51. The van der Waals surface area contributed by atoms with E-state index < -0.39 is 16.7 Å². The first-order valence-corrected chi connectivity index (χ1v) is 11.4. The van der Waals surface area contributed by atoms with Crippen LogP contribution in [0, 0.1) is 17.0 Å². The molecule has 0 atom stereocenters. The highest BCUT2D eigenvalue weighted by Crippen LogP contribution is 2.21. The minimum atomic E-state index is -0.626. The van der Waals surface area contributed by atoms with E-state index in [0.717, 1.165) is 17.3 Å². The molecule has 176 valence electrons. The van der Waals surface area contributed by atoms with Crippen LogP contribution in [0.4, 0.5) is 5.69 Å². The third-order valence-corrected chi connectivity index (χ3v) is 5.96. The highest BCUT2D eigenvalue weighted by atomic mass is 32.2. The van der Waals surface area contributed by atoms with Gasteiger partial charge in [-0.25, -0.2) is 4.98 Å². The van der Waals surface area contributed by atoms with E-state index in [4.69, 9.17) is 0 Å². The Labute approximate surface area is 203 Å². The second kappa shape index (κ2) is 10.2. The van der Waals surface area contributed by atoms with Crippen LogP contribution in [-0.4, -0.2) is 32.0 Å². The number of nitro groups is 1. The molecule has 0 saturated carbocycles. The van der Waals surface area contributed by atoms with Gasteiger partial charge in [0.05, 0.1) is 27.3 Å².